The number of rotatable bonds is 2. The maximum Gasteiger partial charge on any atom is 0.166 e. The summed E-state index contributed by atoms with van der Waals surface area (Å²) in [6.45, 7) is 3.89. The fourth-order valence-corrected chi connectivity index (χ4v) is 2.49. The lowest BCUT2D eigenvalue weighted by Crippen LogP contribution is -2.07. The van der Waals surface area contributed by atoms with E-state index in [2.05, 4.69) is 30.3 Å². The number of benzene rings is 3. The van der Waals surface area contributed by atoms with E-state index < -0.39 is 0 Å². The van der Waals surface area contributed by atoms with Gasteiger partial charge in [-0.1, -0.05) is 56.3 Å². The molecule has 0 radical (unpaired) electrons. The Morgan fingerprint density at radius 1 is 0.842 bits per heavy atom. The summed E-state index contributed by atoms with van der Waals surface area (Å²) in [6.07, 6.45) is 0. The van der Waals surface area contributed by atoms with Crippen LogP contribution in [0.4, 0.5) is 0 Å². The summed E-state index contributed by atoms with van der Waals surface area (Å²) >= 11 is 0. The summed E-state index contributed by atoms with van der Waals surface area (Å²) in [5.74, 6) is 0.234. The van der Waals surface area contributed by atoms with Crippen molar-refractivity contribution >= 4 is 27.3 Å². The topological polar surface area (TPSA) is 17.1 Å². The zero-order chi connectivity index (χ0) is 13.4. The molecule has 0 N–H and O–H groups in total. The minimum absolute atomic E-state index is 0.0251. The lowest BCUT2D eigenvalue weighted by molar-refractivity contribution is 0.0941. The smallest absolute Gasteiger partial charge is 0.166 e. The summed E-state index contributed by atoms with van der Waals surface area (Å²) in [5, 5.41) is 4.58. The van der Waals surface area contributed by atoms with Gasteiger partial charge in [0, 0.05) is 11.5 Å². The van der Waals surface area contributed by atoms with Crippen molar-refractivity contribution in [2.75, 3.05) is 0 Å². The highest BCUT2D eigenvalue weighted by Gasteiger charge is 2.13. The fraction of sp³-hybridized carbons (Fsp3) is 0.167. The van der Waals surface area contributed by atoms with Gasteiger partial charge in [0.25, 0.3) is 0 Å². The minimum atomic E-state index is 0.0251. The van der Waals surface area contributed by atoms with Crippen LogP contribution in [0.15, 0.2) is 54.6 Å². The molecule has 0 amide bonds. The molecule has 0 atom stereocenters. The molecule has 0 aliphatic carbocycles. The van der Waals surface area contributed by atoms with Gasteiger partial charge in [-0.15, -0.1) is 0 Å². The van der Waals surface area contributed by atoms with Crippen LogP contribution in [-0.4, -0.2) is 5.78 Å². The second-order valence-corrected chi connectivity index (χ2v) is 5.25. The third-order valence-electron chi connectivity index (χ3n) is 3.54. The highest BCUT2D eigenvalue weighted by atomic mass is 16.1. The van der Waals surface area contributed by atoms with Crippen molar-refractivity contribution in [3.63, 3.8) is 0 Å². The Bertz CT molecular complexity index is 769. The molecule has 0 fully saturated rings. The molecule has 1 heteroatoms. The molecule has 94 valence electrons. The van der Waals surface area contributed by atoms with Gasteiger partial charge < -0.3 is 0 Å². The van der Waals surface area contributed by atoms with E-state index in [9.17, 15) is 4.79 Å². The molecule has 0 aromatic heterocycles. The van der Waals surface area contributed by atoms with Crippen molar-refractivity contribution in [3.8, 4) is 0 Å². The average Bonchev–Trinajstić information content (AvgIpc) is 2.43. The van der Waals surface area contributed by atoms with E-state index in [-0.39, 0.29) is 11.7 Å². The molecule has 19 heavy (non-hydrogen) atoms. The fourth-order valence-electron chi connectivity index (χ4n) is 2.49. The molecule has 0 aliphatic rings. The van der Waals surface area contributed by atoms with Gasteiger partial charge in [0.15, 0.2) is 5.78 Å². The molecular formula is C18H16O. The number of ketones is 1. The number of carbonyl (C=O) groups is 1. The molecule has 0 aliphatic heterocycles. The van der Waals surface area contributed by atoms with Gasteiger partial charge in [-0.2, -0.15) is 0 Å². The highest BCUT2D eigenvalue weighted by Crippen LogP contribution is 2.26. The summed E-state index contributed by atoms with van der Waals surface area (Å²) in [6, 6.07) is 18.5. The lowest BCUT2D eigenvalue weighted by Gasteiger charge is -2.09. The Morgan fingerprint density at radius 2 is 1.47 bits per heavy atom. The first-order valence-corrected chi connectivity index (χ1v) is 6.62. The van der Waals surface area contributed by atoms with Crippen LogP contribution in [0, 0.1) is 5.92 Å². The van der Waals surface area contributed by atoms with Crippen molar-refractivity contribution in [1.82, 2.24) is 0 Å². The van der Waals surface area contributed by atoms with Crippen LogP contribution < -0.4 is 0 Å². The molecule has 0 heterocycles. The summed E-state index contributed by atoms with van der Waals surface area (Å²) in [4.78, 5) is 12.3. The zero-order valence-electron chi connectivity index (χ0n) is 11.2. The van der Waals surface area contributed by atoms with E-state index in [1.807, 2.05) is 38.1 Å². The van der Waals surface area contributed by atoms with Crippen LogP contribution in [-0.2, 0) is 0 Å². The lowest BCUT2D eigenvalue weighted by atomic mass is 9.94. The van der Waals surface area contributed by atoms with Gasteiger partial charge in [-0.25, -0.2) is 0 Å². The zero-order valence-corrected chi connectivity index (χ0v) is 11.2. The van der Waals surface area contributed by atoms with Crippen LogP contribution in [0.3, 0.4) is 0 Å². The molecule has 0 bridgehead atoms. The predicted octanol–water partition coefficient (Wildman–Crippen LogP) is 4.83. The molecule has 0 saturated heterocycles. The molecular weight excluding hydrogens is 232 g/mol. The van der Waals surface area contributed by atoms with Crippen LogP contribution >= 0.6 is 0 Å². The van der Waals surface area contributed by atoms with Gasteiger partial charge >= 0.3 is 0 Å². The number of fused-ring (bicyclic) bond motifs is 2. The average molecular weight is 248 g/mol. The number of hydrogen-bond acceptors (Lipinski definition) is 1. The van der Waals surface area contributed by atoms with E-state index in [1.54, 1.807) is 0 Å². The maximum absolute atomic E-state index is 12.3. The van der Waals surface area contributed by atoms with Crippen LogP contribution in [0.2, 0.25) is 0 Å². The number of hydrogen-bond donors (Lipinski definition) is 0. The SMILES string of the molecule is CC(C)C(=O)c1cccc2cc3ccccc3cc12. The van der Waals surface area contributed by atoms with E-state index in [4.69, 9.17) is 0 Å². The molecule has 0 spiro atoms. The van der Waals surface area contributed by atoms with Crippen molar-refractivity contribution < 1.29 is 4.79 Å². The molecule has 0 saturated carbocycles. The Morgan fingerprint density at radius 3 is 2.16 bits per heavy atom. The first-order chi connectivity index (χ1) is 9.16. The van der Waals surface area contributed by atoms with Crippen LogP contribution in [0.5, 0.6) is 0 Å². The standard InChI is InChI=1S/C18H16O/c1-12(2)18(19)16-9-5-8-15-10-13-6-3-4-7-14(13)11-17(15)16/h3-12H,1-2H3. The van der Waals surface area contributed by atoms with Gasteiger partial charge in [-0.05, 0) is 33.7 Å². The van der Waals surface area contributed by atoms with Crippen molar-refractivity contribution in [2.45, 2.75) is 13.8 Å². The van der Waals surface area contributed by atoms with Gasteiger partial charge in [0.1, 0.15) is 0 Å². The third kappa shape index (κ3) is 2.01. The Labute approximate surface area is 112 Å². The van der Waals surface area contributed by atoms with Gasteiger partial charge in [0.05, 0.1) is 0 Å². The summed E-state index contributed by atoms with van der Waals surface area (Å²) in [5.41, 5.74) is 0.832. The van der Waals surface area contributed by atoms with Crippen LogP contribution in [0.25, 0.3) is 21.5 Å². The minimum Gasteiger partial charge on any atom is -0.294 e. The molecule has 0 unspecified atom stereocenters. The van der Waals surface area contributed by atoms with Gasteiger partial charge in [-0.3, -0.25) is 4.79 Å². The Hall–Kier alpha value is -2.15. The summed E-state index contributed by atoms with van der Waals surface area (Å²) < 4.78 is 0. The molecule has 3 rings (SSSR count). The van der Waals surface area contributed by atoms with Crippen molar-refractivity contribution in [2.24, 2.45) is 5.92 Å². The van der Waals surface area contributed by atoms with E-state index in [0.29, 0.717) is 0 Å². The maximum atomic E-state index is 12.3. The first kappa shape index (κ1) is 11.9. The quantitative estimate of drug-likeness (QED) is 0.469. The highest BCUT2D eigenvalue weighted by molar-refractivity contribution is 6.11. The monoisotopic (exact) mass is 248 g/mol. The second-order valence-electron chi connectivity index (χ2n) is 5.25. The second kappa shape index (κ2) is 4.51. The van der Waals surface area contributed by atoms with E-state index >= 15 is 0 Å². The molecule has 3 aromatic carbocycles. The van der Waals surface area contributed by atoms with Crippen molar-refractivity contribution in [1.29, 1.82) is 0 Å². The summed E-state index contributed by atoms with van der Waals surface area (Å²) in [7, 11) is 0. The Balaban J connectivity index is 2.35. The van der Waals surface area contributed by atoms with E-state index in [1.165, 1.54) is 10.8 Å². The number of Topliss-reactive ketones (excluding diaryl/α,β-unsaturated/α-hetero) is 1. The first-order valence-electron chi connectivity index (χ1n) is 6.62. The molecule has 1 nitrogen and oxygen atoms in total. The molecule has 3 aromatic rings. The van der Waals surface area contributed by atoms with Crippen molar-refractivity contribution in [3.05, 3.63) is 60.2 Å². The van der Waals surface area contributed by atoms with E-state index in [0.717, 1.165) is 16.3 Å². The Kier molecular flexibility index (Phi) is 2.83. The van der Waals surface area contributed by atoms with Gasteiger partial charge in [0.2, 0.25) is 0 Å². The third-order valence-corrected chi connectivity index (χ3v) is 3.54. The number of carbonyl (C=O) groups excluding carboxylic acids is 1. The largest absolute Gasteiger partial charge is 0.294 e. The van der Waals surface area contributed by atoms with Crippen LogP contribution in [0.1, 0.15) is 24.2 Å². The normalized spacial score (nSPS) is 11.3. The predicted molar refractivity (Wildman–Crippen MR) is 80.6 cm³/mol.